The Balaban J connectivity index is 3.09. The van der Waals surface area contributed by atoms with Crippen molar-refractivity contribution in [3.8, 4) is 0 Å². The molecular formula is C14H23NO2. The van der Waals surface area contributed by atoms with Gasteiger partial charge in [-0.2, -0.15) is 0 Å². The van der Waals surface area contributed by atoms with Gasteiger partial charge in [0.15, 0.2) is 0 Å². The highest BCUT2D eigenvalue weighted by Gasteiger charge is 2.17. The maximum atomic E-state index is 10.0. The Morgan fingerprint density at radius 2 is 1.88 bits per heavy atom. The number of hydrogen-bond donors (Lipinski definition) is 2. The quantitative estimate of drug-likeness (QED) is 0.798. The second-order valence-corrected chi connectivity index (χ2v) is 4.49. The number of anilines is 1. The van der Waals surface area contributed by atoms with Crippen molar-refractivity contribution in [2.45, 2.75) is 39.3 Å². The SMILES string of the molecule is CC[C@@H](O)c1ccccc1N(CCO)C(C)C. The van der Waals surface area contributed by atoms with E-state index in [0.29, 0.717) is 19.0 Å². The molecule has 2 N–H and O–H groups in total. The Morgan fingerprint density at radius 1 is 1.24 bits per heavy atom. The fourth-order valence-corrected chi connectivity index (χ4v) is 2.02. The van der Waals surface area contributed by atoms with Gasteiger partial charge in [0.05, 0.1) is 12.7 Å². The van der Waals surface area contributed by atoms with Gasteiger partial charge in [-0.15, -0.1) is 0 Å². The van der Waals surface area contributed by atoms with Crippen LogP contribution in [0.3, 0.4) is 0 Å². The Morgan fingerprint density at radius 3 is 2.41 bits per heavy atom. The van der Waals surface area contributed by atoms with E-state index in [-0.39, 0.29) is 6.61 Å². The second kappa shape index (κ2) is 6.62. The van der Waals surface area contributed by atoms with Gasteiger partial charge >= 0.3 is 0 Å². The number of para-hydroxylation sites is 1. The molecule has 0 fully saturated rings. The van der Waals surface area contributed by atoms with Crippen LogP contribution in [0.5, 0.6) is 0 Å². The van der Waals surface area contributed by atoms with Crippen LogP contribution >= 0.6 is 0 Å². The van der Waals surface area contributed by atoms with E-state index in [2.05, 4.69) is 18.7 Å². The summed E-state index contributed by atoms with van der Waals surface area (Å²) in [7, 11) is 0. The van der Waals surface area contributed by atoms with Gasteiger partial charge in [0.1, 0.15) is 0 Å². The van der Waals surface area contributed by atoms with E-state index in [1.165, 1.54) is 0 Å². The van der Waals surface area contributed by atoms with E-state index in [0.717, 1.165) is 11.3 Å². The molecule has 0 saturated carbocycles. The lowest BCUT2D eigenvalue weighted by molar-refractivity contribution is 0.174. The molecule has 96 valence electrons. The molecule has 3 nitrogen and oxygen atoms in total. The van der Waals surface area contributed by atoms with Crippen LogP contribution in [0, 0.1) is 0 Å². The molecule has 1 aromatic carbocycles. The molecular weight excluding hydrogens is 214 g/mol. The fraction of sp³-hybridized carbons (Fsp3) is 0.571. The molecule has 0 aromatic heterocycles. The smallest absolute Gasteiger partial charge is 0.0807 e. The number of hydrogen-bond acceptors (Lipinski definition) is 3. The topological polar surface area (TPSA) is 43.7 Å². The average molecular weight is 237 g/mol. The van der Waals surface area contributed by atoms with Crippen LogP contribution in [0.2, 0.25) is 0 Å². The summed E-state index contributed by atoms with van der Waals surface area (Å²) in [5.74, 6) is 0. The highest BCUT2D eigenvalue weighted by molar-refractivity contribution is 5.55. The van der Waals surface area contributed by atoms with Gasteiger partial charge in [-0.25, -0.2) is 0 Å². The summed E-state index contributed by atoms with van der Waals surface area (Å²) in [5.41, 5.74) is 1.96. The standard InChI is InChI=1S/C14H23NO2/c1-4-14(17)12-7-5-6-8-13(12)15(9-10-16)11(2)3/h5-8,11,14,16-17H,4,9-10H2,1-3H3/t14-/m1/s1. The summed E-state index contributed by atoms with van der Waals surface area (Å²) in [5, 5.41) is 19.1. The second-order valence-electron chi connectivity index (χ2n) is 4.49. The highest BCUT2D eigenvalue weighted by Crippen LogP contribution is 2.29. The largest absolute Gasteiger partial charge is 0.395 e. The molecule has 0 spiro atoms. The Bertz CT molecular complexity index is 339. The lowest BCUT2D eigenvalue weighted by atomic mass is 10.0. The fourth-order valence-electron chi connectivity index (χ4n) is 2.02. The predicted octanol–water partition coefficient (Wildman–Crippen LogP) is 2.34. The summed E-state index contributed by atoms with van der Waals surface area (Å²) in [4.78, 5) is 2.12. The minimum atomic E-state index is -0.439. The van der Waals surface area contributed by atoms with Gasteiger partial charge in [0.2, 0.25) is 0 Å². The van der Waals surface area contributed by atoms with Crippen molar-refractivity contribution in [2.24, 2.45) is 0 Å². The van der Waals surface area contributed by atoms with Crippen molar-refractivity contribution in [1.82, 2.24) is 0 Å². The molecule has 0 amide bonds. The van der Waals surface area contributed by atoms with Crippen molar-refractivity contribution >= 4 is 5.69 Å². The first-order valence-corrected chi connectivity index (χ1v) is 6.26. The summed E-state index contributed by atoms with van der Waals surface area (Å²) in [6.45, 7) is 6.85. The van der Waals surface area contributed by atoms with Gasteiger partial charge in [-0.05, 0) is 26.3 Å². The van der Waals surface area contributed by atoms with Crippen LogP contribution in [0.1, 0.15) is 38.9 Å². The van der Waals surface area contributed by atoms with E-state index < -0.39 is 6.10 Å². The van der Waals surface area contributed by atoms with Crippen LogP contribution in [-0.4, -0.2) is 29.4 Å². The van der Waals surface area contributed by atoms with Gasteiger partial charge in [0.25, 0.3) is 0 Å². The summed E-state index contributed by atoms with van der Waals surface area (Å²) in [6, 6.07) is 8.16. The zero-order chi connectivity index (χ0) is 12.8. The van der Waals surface area contributed by atoms with E-state index in [1.807, 2.05) is 31.2 Å². The molecule has 17 heavy (non-hydrogen) atoms. The summed E-state index contributed by atoms with van der Waals surface area (Å²) >= 11 is 0. The molecule has 0 aliphatic rings. The van der Waals surface area contributed by atoms with Gasteiger partial charge in [-0.3, -0.25) is 0 Å². The molecule has 1 atom stereocenters. The van der Waals surface area contributed by atoms with Crippen LogP contribution in [0.4, 0.5) is 5.69 Å². The van der Waals surface area contributed by atoms with Crippen LogP contribution in [0.25, 0.3) is 0 Å². The number of nitrogens with zero attached hydrogens (tertiary/aromatic N) is 1. The monoisotopic (exact) mass is 237 g/mol. The third-order valence-corrected chi connectivity index (χ3v) is 2.96. The number of aliphatic hydroxyl groups is 2. The molecule has 0 heterocycles. The molecule has 0 unspecified atom stereocenters. The zero-order valence-electron chi connectivity index (χ0n) is 10.9. The van der Waals surface area contributed by atoms with Crippen molar-refractivity contribution in [2.75, 3.05) is 18.1 Å². The van der Waals surface area contributed by atoms with Crippen LogP contribution in [0.15, 0.2) is 24.3 Å². The lowest BCUT2D eigenvalue weighted by Crippen LogP contribution is -2.34. The Labute approximate surface area is 104 Å². The van der Waals surface area contributed by atoms with Gasteiger partial charge < -0.3 is 15.1 Å². The third-order valence-electron chi connectivity index (χ3n) is 2.96. The number of benzene rings is 1. The third kappa shape index (κ3) is 3.45. The highest BCUT2D eigenvalue weighted by atomic mass is 16.3. The Hall–Kier alpha value is -1.06. The van der Waals surface area contributed by atoms with Crippen molar-refractivity contribution < 1.29 is 10.2 Å². The van der Waals surface area contributed by atoms with E-state index in [9.17, 15) is 5.11 Å². The molecule has 0 bridgehead atoms. The Kier molecular flexibility index (Phi) is 5.45. The molecule has 0 aliphatic carbocycles. The minimum Gasteiger partial charge on any atom is -0.395 e. The maximum Gasteiger partial charge on any atom is 0.0807 e. The van der Waals surface area contributed by atoms with E-state index in [4.69, 9.17) is 5.11 Å². The first kappa shape index (κ1) is 14.0. The normalized spacial score (nSPS) is 12.8. The molecule has 0 saturated heterocycles. The maximum absolute atomic E-state index is 10.0. The van der Waals surface area contributed by atoms with E-state index >= 15 is 0 Å². The molecule has 3 heteroatoms. The van der Waals surface area contributed by atoms with Gasteiger partial charge in [-0.1, -0.05) is 25.1 Å². The number of rotatable bonds is 6. The molecule has 1 aromatic rings. The lowest BCUT2D eigenvalue weighted by Gasteiger charge is -2.31. The first-order chi connectivity index (χ1) is 8.11. The number of aliphatic hydroxyl groups excluding tert-OH is 2. The van der Waals surface area contributed by atoms with Crippen LogP contribution in [-0.2, 0) is 0 Å². The molecule has 1 rings (SSSR count). The molecule has 0 radical (unpaired) electrons. The van der Waals surface area contributed by atoms with Crippen molar-refractivity contribution in [3.05, 3.63) is 29.8 Å². The van der Waals surface area contributed by atoms with Gasteiger partial charge in [0, 0.05) is 23.8 Å². The first-order valence-electron chi connectivity index (χ1n) is 6.26. The average Bonchev–Trinajstić information content (AvgIpc) is 2.34. The van der Waals surface area contributed by atoms with Crippen molar-refractivity contribution in [3.63, 3.8) is 0 Å². The van der Waals surface area contributed by atoms with E-state index in [1.54, 1.807) is 0 Å². The summed E-state index contributed by atoms with van der Waals surface area (Å²) in [6.07, 6.45) is 0.258. The zero-order valence-corrected chi connectivity index (χ0v) is 10.9. The molecule has 0 aliphatic heterocycles. The summed E-state index contributed by atoms with van der Waals surface area (Å²) < 4.78 is 0. The minimum absolute atomic E-state index is 0.120. The van der Waals surface area contributed by atoms with Crippen molar-refractivity contribution in [1.29, 1.82) is 0 Å². The van der Waals surface area contributed by atoms with Crippen LogP contribution < -0.4 is 4.90 Å². The predicted molar refractivity (Wildman–Crippen MR) is 71.3 cm³/mol.